The molecule has 5 heteroatoms. The molecule has 0 aliphatic carbocycles. The van der Waals surface area contributed by atoms with Crippen LogP contribution in [0, 0.1) is 23.6 Å². The smallest absolute Gasteiger partial charge is 0.295 e. The molecule has 0 bridgehead atoms. The van der Waals surface area contributed by atoms with Crippen molar-refractivity contribution in [3.8, 4) is 11.8 Å². The van der Waals surface area contributed by atoms with Crippen molar-refractivity contribution in [2.75, 3.05) is 19.6 Å². The number of aliphatic hydroxyl groups is 1. The Morgan fingerprint density at radius 3 is 2.90 bits per heavy atom. The van der Waals surface area contributed by atoms with Crippen LogP contribution in [0.2, 0.25) is 0 Å². The first-order valence-electron chi connectivity index (χ1n) is 7.09. The van der Waals surface area contributed by atoms with Gasteiger partial charge in [0.05, 0.1) is 6.10 Å². The van der Waals surface area contributed by atoms with Crippen molar-refractivity contribution in [2.24, 2.45) is 5.92 Å². The van der Waals surface area contributed by atoms with E-state index in [2.05, 4.69) is 22.5 Å². The van der Waals surface area contributed by atoms with Gasteiger partial charge in [0.15, 0.2) is 0 Å². The SMILES string of the molecule is O=C(C#C[C@@H]1CCCNC1)NC[C@@H](O)c1ccc(F)cc1. The summed E-state index contributed by atoms with van der Waals surface area (Å²) in [6.45, 7) is 1.88. The van der Waals surface area contributed by atoms with E-state index in [1.165, 1.54) is 24.3 Å². The zero-order valence-electron chi connectivity index (χ0n) is 11.7. The summed E-state index contributed by atoms with van der Waals surface area (Å²) in [5.74, 6) is 4.95. The van der Waals surface area contributed by atoms with E-state index in [4.69, 9.17) is 0 Å². The number of benzene rings is 1. The third kappa shape index (κ3) is 5.18. The second-order valence-electron chi connectivity index (χ2n) is 5.09. The van der Waals surface area contributed by atoms with Gasteiger partial charge in [-0.2, -0.15) is 0 Å². The molecule has 0 spiro atoms. The van der Waals surface area contributed by atoms with Gasteiger partial charge in [-0.05, 0) is 43.0 Å². The molecule has 1 heterocycles. The monoisotopic (exact) mass is 290 g/mol. The Balaban J connectivity index is 1.78. The molecule has 1 saturated heterocycles. The molecule has 1 amide bonds. The minimum Gasteiger partial charge on any atom is -0.387 e. The lowest BCUT2D eigenvalue weighted by Crippen LogP contribution is -2.30. The highest BCUT2D eigenvalue weighted by molar-refractivity contribution is 5.93. The Labute approximate surface area is 123 Å². The number of carbonyl (C=O) groups is 1. The molecule has 4 nitrogen and oxygen atoms in total. The second kappa shape index (κ2) is 7.77. The minimum absolute atomic E-state index is 0.0576. The highest BCUT2D eigenvalue weighted by Crippen LogP contribution is 2.12. The van der Waals surface area contributed by atoms with E-state index in [9.17, 15) is 14.3 Å². The van der Waals surface area contributed by atoms with Gasteiger partial charge in [0, 0.05) is 19.0 Å². The molecule has 21 heavy (non-hydrogen) atoms. The van der Waals surface area contributed by atoms with Crippen molar-refractivity contribution in [2.45, 2.75) is 18.9 Å². The fourth-order valence-electron chi connectivity index (χ4n) is 2.18. The summed E-state index contributed by atoms with van der Waals surface area (Å²) in [4.78, 5) is 11.6. The molecular formula is C16H19FN2O2. The standard InChI is InChI=1S/C16H19FN2O2/c17-14-6-4-13(5-7-14)15(20)11-19-16(21)8-3-12-2-1-9-18-10-12/h4-7,12,15,18,20H,1-2,9-11H2,(H,19,21)/t12-,15+/m0/s1. The van der Waals surface area contributed by atoms with E-state index in [1.807, 2.05) is 0 Å². The molecular weight excluding hydrogens is 271 g/mol. The third-order valence-electron chi connectivity index (χ3n) is 3.40. The van der Waals surface area contributed by atoms with E-state index in [-0.39, 0.29) is 18.3 Å². The van der Waals surface area contributed by atoms with Crippen LogP contribution in [-0.2, 0) is 4.79 Å². The summed E-state index contributed by atoms with van der Waals surface area (Å²) in [6.07, 6.45) is 1.21. The predicted molar refractivity (Wildman–Crippen MR) is 77.7 cm³/mol. The van der Waals surface area contributed by atoms with Gasteiger partial charge in [-0.1, -0.05) is 18.1 Å². The topological polar surface area (TPSA) is 61.4 Å². The average molecular weight is 290 g/mol. The molecule has 3 N–H and O–H groups in total. The fraction of sp³-hybridized carbons (Fsp3) is 0.438. The highest BCUT2D eigenvalue weighted by atomic mass is 19.1. The molecule has 112 valence electrons. The summed E-state index contributed by atoms with van der Waals surface area (Å²) in [5, 5.41) is 15.7. The van der Waals surface area contributed by atoms with Crippen molar-refractivity contribution in [1.82, 2.24) is 10.6 Å². The Kier molecular flexibility index (Phi) is 5.73. The Morgan fingerprint density at radius 2 is 2.24 bits per heavy atom. The first kappa shape index (κ1) is 15.5. The van der Waals surface area contributed by atoms with E-state index in [0.717, 1.165) is 25.9 Å². The number of aliphatic hydroxyl groups excluding tert-OH is 1. The minimum atomic E-state index is -0.868. The van der Waals surface area contributed by atoms with Crippen LogP contribution in [0.1, 0.15) is 24.5 Å². The molecule has 1 aromatic carbocycles. The Hall–Kier alpha value is -1.90. The number of halogens is 1. The quantitative estimate of drug-likeness (QED) is 0.727. The number of piperidine rings is 1. The number of hydrogen-bond donors (Lipinski definition) is 3. The van der Waals surface area contributed by atoms with Crippen molar-refractivity contribution >= 4 is 5.91 Å². The van der Waals surface area contributed by atoms with Gasteiger partial charge in [-0.25, -0.2) is 4.39 Å². The summed E-state index contributed by atoms with van der Waals surface area (Å²) in [6, 6.07) is 5.53. The number of carbonyl (C=O) groups excluding carboxylic acids is 1. The molecule has 1 aromatic rings. The predicted octanol–water partition coefficient (Wildman–Crippen LogP) is 0.978. The molecule has 1 aliphatic rings. The summed E-state index contributed by atoms with van der Waals surface area (Å²) < 4.78 is 12.8. The maximum atomic E-state index is 12.8. The maximum Gasteiger partial charge on any atom is 0.295 e. The zero-order valence-corrected chi connectivity index (χ0v) is 11.7. The molecule has 0 saturated carbocycles. The first-order valence-corrected chi connectivity index (χ1v) is 7.09. The molecule has 1 fully saturated rings. The van der Waals surface area contributed by atoms with Crippen LogP contribution in [0.15, 0.2) is 24.3 Å². The zero-order chi connectivity index (χ0) is 15.1. The maximum absolute atomic E-state index is 12.8. The first-order chi connectivity index (χ1) is 10.1. The van der Waals surface area contributed by atoms with Crippen molar-refractivity contribution < 1.29 is 14.3 Å². The van der Waals surface area contributed by atoms with Crippen LogP contribution >= 0.6 is 0 Å². The largest absolute Gasteiger partial charge is 0.387 e. The summed E-state index contributed by atoms with van der Waals surface area (Å²) >= 11 is 0. The number of rotatable bonds is 3. The van der Waals surface area contributed by atoms with E-state index >= 15 is 0 Å². The van der Waals surface area contributed by atoms with Crippen LogP contribution in [0.25, 0.3) is 0 Å². The van der Waals surface area contributed by atoms with Gasteiger partial charge in [0.25, 0.3) is 5.91 Å². The van der Waals surface area contributed by atoms with Crippen molar-refractivity contribution in [3.63, 3.8) is 0 Å². The fourth-order valence-corrected chi connectivity index (χ4v) is 2.18. The molecule has 1 aliphatic heterocycles. The van der Waals surface area contributed by atoms with Crippen LogP contribution < -0.4 is 10.6 Å². The average Bonchev–Trinajstić information content (AvgIpc) is 2.52. The van der Waals surface area contributed by atoms with Gasteiger partial charge >= 0.3 is 0 Å². The van der Waals surface area contributed by atoms with Crippen LogP contribution in [0.3, 0.4) is 0 Å². The Bertz CT molecular complexity index is 527. The van der Waals surface area contributed by atoms with Gasteiger partial charge in [0.1, 0.15) is 5.82 Å². The van der Waals surface area contributed by atoms with Crippen molar-refractivity contribution in [3.05, 3.63) is 35.6 Å². The summed E-state index contributed by atoms with van der Waals surface area (Å²) in [7, 11) is 0. The lowest BCUT2D eigenvalue weighted by Gasteiger charge is -2.17. The van der Waals surface area contributed by atoms with Gasteiger partial charge in [-0.3, -0.25) is 4.79 Å². The molecule has 0 unspecified atom stereocenters. The molecule has 2 atom stereocenters. The lowest BCUT2D eigenvalue weighted by atomic mass is 10.0. The molecule has 2 rings (SSSR count). The normalized spacial score (nSPS) is 19.2. The number of amides is 1. The summed E-state index contributed by atoms with van der Waals surface area (Å²) in [5.41, 5.74) is 0.557. The number of nitrogens with one attached hydrogen (secondary N) is 2. The lowest BCUT2D eigenvalue weighted by molar-refractivity contribution is -0.116. The highest BCUT2D eigenvalue weighted by Gasteiger charge is 2.11. The second-order valence-corrected chi connectivity index (χ2v) is 5.09. The van der Waals surface area contributed by atoms with Gasteiger partial charge < -0.3 is 15.7 Å². The molecule has 0 aromatic heterocycles. The number of hydrogen-bond acceptors (Lipinski definition) is 3. The van der Waals surface area contributed by atoms with Crippen LogP contribution in [0.5, 0.6) is 0 Å². The van der Waals surface area contributed by atoms with Gasteiger partial charge in [0.2, 0.25) is 0 Å². The Morgan fingerprint density at radius 1 is 1.48 bits per heavy atom. The van der Waals surface area contributed by atoms with E-state index in [1.54, 1.807) is 0 Å². The van der Waals surface area contributed by atoms with E-state index in [0.29, 0.717) is 5.56 Å². The van der Waals surface area contributed by atoms with Crippen molar-refractivity contribution in [1.29, 1.82) is 0 Å². The van der Waals surface area contributed by atoms with Gasteiger partial charge in [-0.15, -0.1) is 0 Å². The third-order valence-corrected chi connectivity index (χ3v) is 3.40. The van der Waals surface area contributed by atoms with Crippen LogP contribution in [-0.4, -0.2) is 30.6 Å². The van der Waals surface area contributed by atoms with E-state index < -0.39 is 12.0 Å². The van der Waals surface area contributed by atoms with Crippen LogP contribution in [0.4, 0.5) is 4.39 Å². The molecule has 0 radical (unpaired) electrons.